The van der Waals surface area contributed by atoms with Gasteiger partial charge in [-0.1, -0.05) is 12.5 Å². The van der Waals surface area contributed by atoms with Gasteiger partial charge in [0.25, 0.3) is 0 Å². The highest BCUT2D eigenvalue weighted by molar-refractivity contribution is 6.16. The minimum Gasteiger partial charge on any atom is -0.339 e. The molecule has 5 aromatic rings. The number of anilines is 1. The second-order valence-corrected chi connectivity index (χ2v) is 14.5. The van der Waals surface area contributed by atoms with Crippen molar-refractivity contribution in [3.8, 4) is 22.4 Å². The number of fused-ring (bicyclic) bond motifs is 5. The number of carbonyl (C=O) groups is 1. The van der Waals surface area contributed by atoms with Gasteiger partial charge in [-0.2, -0.15) is 10.2 Å². The number of likely N-dealkylation sites (N-methyl/N-ethyl adjacent to an activating group) is 1. The Balaban J connectivity index is 1.20. The van der Waals surface area contributed by atoms with Crippen LogP contribution in [-0.4, -0.2) is 73.6 Å². The fourth-order valence-corrected chi connectivity index (χ4v) is 9.68. The van der Waals surface area contributed by atoms with Crippen molar-refractivity contribution in [1.82, 2.24) is 34.4 Å². The third kappa shape index (κ3) is 3.64. The van der Waals surface area contributed by atoms with E-state index >= 15 is 0 Å². The number of benzene rings is 1. The first-order valence-electron chi connectivity index (χ1n) is 16.0. The quantitative estimate of drug-likeness (QED) is 0.277. The van der Waals surface area contributed by atoms with Crippen LogP contribution in [0.3, 0.4) is 0 Å². The molecule has 228 valence electrons. The van der Waals surface area contributed by atoms with Gasteiger partial charge in [-0.3, -0.25) is 14.2 Å². The van der Waals surface area contributed by atoms with E-state index in [1.165, 1.54) is 19.3 Å². The Morgan fingerprint density at radius 3 is 2.62 bits per heavy atom. The molecule has 0 bridgehead atoms. The van der Waals surface area contributed by atoms with E-state index in [9.17, 15) is 4.79 Å². The summed E-state index contributed by atoms with van der Waals surface area (Å²) in [4.78, 5) is 31.2. The Bertz CT molecular complexity index is 2080. The number of aryl methyl sites for hydroxylation is 2. The first-order chi connectivity index (χ1) is 21.7. The van der Waals surface area contributed by atoms with E-state index in [1.54, 1.807) is 0 Å². The molecule has 10 heteroatoms. The predicted molar refractivity (Wildman–Crippen MR) is 174 cm³/mol. The monoisotopic (exact) mass is 599 g/mol. The zero-order chi connectivity index (χ0) is 30.7. The number of carbonyl (C=O) groups excluding carboxylic acids is 1. The third-order valence-electron chi connectivity index (χ3n) is 11.6. The molecular formula is C35H37N9O. The van der Waals surface area contributed by atoms with E-state index in [4.69, 9.17) is 11.6 Å². The number of nitrogens with zero attached hydrogens (tertiary/aromatic N) is 8. The number of H-pyrrole nitrogens is 1. The molecule has 1 atom stereocenters. The number of aromatic amines is 1. The molecular weight excluding hydrogens is 562 g/mol. The molecule has 10 nitrogen and oxygen atoms in total. The summed E-state index contributed by atoms with van der Waals surface area (Å²) in [5, 5.41) is 11.1. The normalized spacial score (nSPS) is 23.2. The van der Waals surface area contributed by atoms with E-state index < -0.39 is 5.41 Å². The molecule has 1 aromatic carbocycles. The lowest BCUT2D eigenvalue weighted by atomic mass is 9.45. The predicted octanol–water partition coefficient (Wildman–Crippen LogP) is 5.31. The molecule has 1 unspecified atom stereocenters. The van der Waals surface area contributed by atoms with Gasteiger partial charge in [0.15, 0.2) is 0 Å². The van der Waals surface area contributed by atoms with Gasteiger partial charge in [-0.15, -0.1) is 0 Å². The molecule has 1 amide bonds. The van der Waals surface area contributed by atoms with Crippen molar-refractivity contribution in [3.63, 3.8) is 0 Å². The average molecular weight is 600 g/mol. The van der Waals surface area contributed by atoms with E-state index in [1.807, 2.05) is 60.2 Å². The average Bonchev–Trinajstić information content (AvgIpc) is 3.80. The maximum atomic E-state index is 14.4. The number of hydrogen-bond acceptors (Lipinski definition) is 5. The molecule has 9 rings (SSSR count). The van der Waals surface area contributed by atoms with Gasteiger partial charge in [-0.05, 0) is 61.8 Å². The number of rotatable bonds is 5. The lowest BCUT2D eigenvalue weighted by Crippen LogP contribution is -2.56. The van der Waals surface area contributed by atoms with E-state index in [0.29, 0.717) is 18.5 Å². The fraction of sp³-hybridized carbons (Fsp3) is 0.457. The SMILES string of the molecule is [C-]#[N+]CC1(CN2CCC3(C2)C(=O)N(C)c2cnc4[nH]c(-c5cnn(C)c5)c(-c5ccc6c(cnn6C)c5)c4c23)CC2(CCC2)C1. The number of pyridine rings is 1. The van der Waals surface area contributed by atoms with Crippen LogP contribution in [0.1, 0.15) is 44.1 Å². The second-order valence-electron chi connectivity index (χ2n) is 14.5. The minimum atomic E-state index is -0.663. The van der Waals surface area contributed by atoms with Crippen LogP contribution in [0.2, 0.25) is 0 Å². The molecule has 3 fully saturated rings. The van der Waals surface area contributed by atoms with Crippen molar-refractivity contribution in [1.29, 1.82) is 0 Å². The fourth-order valence-electron chi connectivity index (χ4n) is 9.68. The Labute approximate surface area is 261 Å². The summed E-state index contributed by atoms with van der Waals surface area (Å²) in [6, 6.07) is 6.47. The van der Waals surface area contributed by atoms with Crippen LogP contribution in [-0.2, 0) is 24.3 Å². The van der Waals surface area contributed by atoms with E-state index in [0.717, 1.165) is 87.9 Å². The summed E-state index contributed by atoms with van der Waals surface area (Å²) in [5.74, 6) is 0.149. The van der Waals surface area contributed by atoms with Crippen molar-refractivity contribution in [3.05, 3.63) is 60.0 Å². The lowest BCUT2D eigenvalue weighted by molar-refractivity contribution is -0.123. The van der Waals surface area contributed by atoms with Gasteiger partial charge in [0.2, 0.25) is 12.5 Å². The zero-order valence-corrected chi connectivity index (χ0v) is 26.1. The number of nitrogens with one attached hydrogen (secondary N) is 1. The molecule has 2 aliphatic heterocycles. The van der Waals surface area contributed by atoms with Crippen LogP contribution in [0.15, 0.2) is 43.0 Å². The van der Waals surface area contributed by atoms with Crippen LogP contribution >= 0.6 is 0 Å². The largest absolute Gasteiger partial charge is 0.339 e. The van der Waals surface area contributed by atoms with Gasteiger partial charge < -0.3 is 19.6 Å². The molecule has 4 aliphatic rings. The van der Waals surface area contributed by atoms with Crippen molar-refractivity contribution in [2.45, 2.75) is 43.9 Å². The summed E-state index contributed by atoms with van der Waals surface area (Å²) < 4.78 is 3.70. The number of likely N-dealkylation sites (tertiary alicyclic amines) is 1. The van der Waals surface area contributed by atoms with Crippen molar-refractivity contribution in [2.24, 2.45) is 24.9 Å². The van der Waals surface area contributed by atoms with Crippen LogP contribution < -0.4 is 4.90 Å². The molecule has 2 spiro atoms. The maximum Gasteiger partial charge on any atom is 0.238 e. The Hall–Kier alpha value is -4.49. The number of aromatic nitrogens is 6. The zero-order valence-electron chi connectivity index (χ0n) is 26.1. The van der Waals surface area contributed by atoms with E-state index in [-0.39, 0.29) is 11.3 Å². The highest BCUT2D eigenvalue weighted by atomic mass is 16.2. The van der Waals surface area contributed by atoms with Crippen LogP contribution in [0.5, 0.6) is 0 Å². The lowest BCUT2D eigenvalue weighted by Gasteiger charge is -2.60. The van der Waals surface area contributed by atoms with Crippen LogP contribution in [0.4, 0.5) is 5.69 Å². The minimum absolute atomic E-state index is 0.0590. The first-order valence-corrected chi connectivity index (χ1v) is 16.0. The molecule has 0 radical (unpaired) electrons. The van der Waals surface area contributed by atoms with Crippen LogP contribution in [0, 0.1) is 17.4 Å². The highest BCUT2D eigenvalue weighted by Gasteiger charge is 2.61. The summed E-state index contributed by atoms with van der Waals surface area (Å²) in [5.41, 5.74) is 7.74. The maximum absolute atomic E-state index is 14.4. The summed E-state index contributed by atoms with van der Waals surface area (Å²) in [6.07, 6.45) is 14.7. The van der Waals surface area contributed by atoms with Crippen molar-refractivity contribution >= 4 is 33.5 Å². The van der Waals surface area contributed by atoms with Gasteiger partial charge in [0.05, 0.1) is 46.3 Å². The molecule has 45 heavy (non-hydrogen) atoms. The molecule has 2 aliphatic carbocycles. The standard InChI is InChI=1S/C35H37N9O/c1-36-19-34(17-33(18-34)8-5-9-33)20-44-11-10-35(21-44)29-26(42(3)32(35)45)15-37-31-28(29)27(30(40-31)24-14-38-41(2)16-24)22-6-7-25-23(12-22)13-39-43(25)4/h6-7,12-16H,5,8-11,17-21H2,2-4H3,(H,37,40). The Morgan fingerprint density at radius 2 is 1.89 bits per heavy atom. The molecule has 6 heterocycles. The third-order valence-corrected chi connectivity index (χ3v) is 11.6. The van der Waals surface area contributed by atoms with E-state index in [2.05, 4.69) is 43.1 Å². The molecule has 1 saturated heterocycles. The van der Waals surface area contributed by atoms with Gasteiger partial charge >= 0.3 is 0 Å². The smallest absolute Gasteiger partial charge is 0.238 e. The van der Waals surface area contributed by atoms with Gasteiger partial charge in [0.1, 0.15) is 5.65 Å². The first kappa shape index (κ1) is 26.9. The molecule has 1 N–H and O–H groups in total. The van der Waals surface area contributed by atoms with Gasteiger partial charge in [0, 0.05) is 67.9 Å². The summed E-state index contributed by atoms with van der Waals surface area (Å²) >= 11 is 0. The van der Waals surface area contributed by atoms with Gasteiger partial charge in [-0.25, -0.2) is 11.6 Å². The number of hydrogen-bond donors (Lipinski definition) is 1. The Kier molecular flexibility index (Phi) is 5.40. The highest BCUT2D eigenvalue weighted by Crippen LogP contribution is 2.65. The molecule has 2 saturated carbocycles. The topological polar surface area (TPSA) is 92.2 Å². The van der Waals surface area contributed by atoms with Crippen molar-refractivity contribution < 1.29 is 4.79 Å². The summed E-state index contributed by atoms with van der Waals surface area (Å²) in [6.45, 7) is 10.7. The second kappa shape index (κ2) is 9.04. The van der Waals surface area contributed by atoms with Crippen LogP contribution in [0.25, 0.3) is 49.2 Å². The Morgan fingerprint density at radius 1 is 1.04 bits per heavy atom. The molecule has 4 aromatic heterocycles. The van der Waals surface area contributed by atoms with Crippen molar-refractivity contribution in [2.75, 3.05) is 38.1 Å². The number of amides is 1. The summed E-state index contributed by atoms with van der Waals surface area (Å²) in [7, 11) is 5.78.